The predicted octanol–water partition coefficient (Wildman–Crippen LogP) is 0.274. The Balaban J connectivity index is 1.96. The van der Waals surface area contributed by atoms with Gasteiger partial charge in [0.05, 0.1) is 31.8 Å². The zero-order valence-electron chi connectivity index (χ0n) is 8.37. The summed E-state index contributed by atoms with van der Waals surface area (Å²) in [5, 5.41) is 18.3. The number of aliphatic hydroxyl groups excluding tert-OH is 2. The number of ether oxygens (including phenoxy) is 2. The van der Waals surface area contributed by atoms with Gasteiger partial charge >= 0.3 is 0 Å². The average molecular weight is 202 g/mol. The molecule has 1 saturated heterocycles. The van der Waals surface area contributed by atoms with E-state index in [4.69, 9.17) is 19.7 Å². The van der Waals surface area contributed by atoms with E-state index in [1.807, 2.05) is 0 Å². The van der Waals surface area contributed by atoms with E-state index in [-0.39, 0.29) is 13.2 Å². The maximum atomic E-state index is 9.15. The third-order valence-electron chi connectivity index (χ3n) is 3.32. The van der Waals surface area contributed by atoms with E-state index in [1.165, 1.54) is 0 Å². The van der Waals surface area contributed by atoms with Crippen molar-refractivity contribution in [3.63, 3.8) is 0 Å². The maximum Gasteiger partial charge on any atom is 0.168 e. The normalized spacial score (nSPS) is 29.6. The number of aliphatic hydroxyl groups is 2. The van der Waals surface area contributed by atoms with Crippen molar-refractivity contribution < 1.29 is 19.7 Å². The lowest BCUT2D eigenvalue weighted by Gasteiger charge is -2.43. The smallest absolute Gasteiger partial charge is 0.168 e. The standard InChI is InChI=1S/C10H18O4/c11-5-9(6-12)7-13-10(14-8-9)3-1-2-4-10/h11-12H,1-8H2. The lowest BCUT2D eigenvalue weighted by atomic mass is 9.91. The first kappa shape index (κ1) is 10.4. The van der Waals surface area contributed by atoms with Gasteiger partial charge in [0, 0.05) is 12.8 Å². The number of hydrogen-bond acceptors (Lipinski definition) is 4. The zero-order valence-corrected chi connectivity index (χ0v) is 8.37. The van der Waals surface area contributed by atoms with Crippen LogP contribution in [0, 0.1) is 5.41 Å². The second kappa shape index (κ2) is 3.77. The Kier molecular flexibility index (Phi) is 2.79. The van der Waals surface area contributed by atoms with E-state index in [0.717, 1.165) is 25.7 Å². The monoisotopic (exact) mass is 202 g/mol. The SMILES string of the molecule is OCC1(CO)COC2(CCCC2)OC1. The predicted molar refractivity (Wildman–Crippen MR) is 49.7 cm³/mol. The molecule has 0 unspecified atom stereocenters. The fourth-order valence-electron chi connectivity index (χ4n) is 2.09. The van der Waals surface area contributed by atoms with Gasteiger partial charge in [-0.1, -0.05) is 0 Å². The van der Waals surface area contributed by atoms with Crippen LogP contribution in [0.25, 0.3) is 0 Å². The summed E-state index contributed by atoms with van der Waals surface area (Å²) in [4.78, 5) is 0. The Morgan fingerprint density at radius 3 is 1.86 bits per heavy atom. The highest BCUT2D eigenvalue weighted by Gasteiger charge is 2.45. The molecular formula is C10H18O4. The second-order valence-corrected chi connectivity index (χ2v) is 4.51. The Hall–Kier alpha value is -0.160. The molecule has 1 aliphatic heterocycles. The molecule has 0 bridgehead atoms. The summed E-state index contributed by atoms with van der Waals surface area (Å²) in [6.07, 6.45) is 4.18. The molecule has 0 aromatic rings. The minimum absolute atomic E-state index is 0.0837. The van der Waals surface area contributed by atoms with E-state index >= 15 is 0 Å². The molecule has 2 aliphatic rings. The Labute approximate surface area is 83.8 Å². The van der Waals surface area contributed by atoms with Crippen LogP contribution in [-0.4, -0.2) is 42.4 Å². The molecule has 82 valence electrons. The number of hydrogen-bond donors (Lipinski definition) is 2. The summed E-state index contributed by atoms with van der Waals surface area (Å²) in [5.41, 5.74) is -0.589. The van der Waals surface area contributed by atoms with E-state index < -0.39 is 11.2 Å². The van der Waals surface area contributed by atoms with Crippen LogP contribution in [0.15, 0.2) is 0 Å². The first-order valence-corrected chi connectivity index (χ1v) is 5.24. The maximum absolute atomic E-state index is 9.15. The van der Waals surface area contributed by atoms with Crippen LogP contribution in [0.2, 0.25) is 0 Å². The molecule has 1 saturated carbocycles. The highest BCUT2D eigenvalue weighted by molar-refractivity contribution is 4.87. The van der Waals surface area contributed by atoms with Gasteiger partial charge in [-0.25, -0.2) is 0 Å². The molecule has 14 heavy (non-hydrogen) atoms. The molecule has 2 N–H and O–H groups in total. The van der Waals surface area contributed by atoms with Crippen LogP contribution < -0.4 is 0 Å². The van der Waals surface area contributed by atoms with Crippen LogP contribution in [-0.2, 0) is 9.47 Å². The lowest BCUT2D eigenvalue weighted by Crippen LogP contribution is -2.51. The molecule has 1 heterocycles. The Morgan fingerprint density at radius 1 is 0.929 bits per heavy atom. The highest BCUT2D eigenvalue weighted by Crippen LogP contribution is 2.40. The Bertz CT molecular complexity index is 176. The van der Waals surface area contributed by atoms with Crippen molar-refractivity contribution in [2.75, 3.05) is 26.4 Å². The van der Waals surface area contributed by atoms with Crippen molar-refractivity contribution in [1.82, 2.24) is 0 Å². The number of rotatable bonds is 2. The summed E-state index contributed by atoms with van der Waals surface area (Å²) in [6.45, 7) is 0.638. The van der Waals surface area contributed by atoms with Gasteiger partial charge in [-0.2, -0.15) is 0 Å². The van der Waals surface area contributed by atoms with Gasteiger partial charge in [0.2, 0.25) is 0 Å². The molecule has 0 amide bonds. The first-order valence-electron chi connectivity index (χ1n) is 5.24. The molecule has 0 aromatic carbocycles. The summed E-state index contributed by atoms with van der Waals surface area (Å²) in [7, 11) is 0. The molecule has 4 nitrogen and oxygen atoms in total. The highest BCUT2D eigenvalue weighted by atomic mass is 16.7. The molecule has 1 spiro atoms. The molecule has 2 rings (SSSR count). The van der Waals surface area contributed by atoms with Crippen molar-refractivity contribution >= 4 is 0 Å². The van der Waals surface area contributed by atoms with Crippen LogP contribution in [0.3, 0.4) is 0 Å². The van der Waals surface area contributed by atoms with Crippen molar-refractivity contribution in [3.8, 4) is 0 Å². The van der Waals surface area contributed by atoms with Crippen LogP contribution in [0.1, 0.15) is 25.7 Å². The largest absolute Gasteiger partial charge is 0.396 e. The molecule has 0 atom stereocenters. The zero-order chi connectivity index (χ0) is 10.1. The van der Waals surface area contributed by atoms with Gasteiger partial charge in [0.15, 0.2) is 5.79 Å². The van der Waals surface area contributed by atoms with Crippen LogP contribution in [0.5, 0.6) is 0 Å². The summed E-state index contributed by atoms with van der Waals surface area (Å²) >= 11 is 0. The molecule has 4 heteroatoms. The third-order valence-corrected chi connectivity index (χ3v) is 3.32. The van der Waals surface area contributed by atoms with Gasteiger partial charge in [-0.3, -0.25) is 0 Å². The van der Waals surface area contributed by atoms with Gasteiger partial charge in [-0.05, 0) is 12.8 Å². The van der Waals surface area contributed by atoms with Crippen LogP contribution in [0.4, 0.5) is 0 Å². The van der Waals surface area contributed by atoms with Gasteiger partial charge in [0.25, 0.3) is 0 Å². The summed E-state index contributed by atoms with van der Waals surface area (Å²) in [6, 6.07) is 0. The molecule has 0 radical (unpaired) electrons. The van der Waals surface area contributed by atoms with E-state index in [2.05, 4.69) is 0 Å². The topological polar surface area (TPSA) is 58.9 Å². The molecule has 0 aromatic heterocycles. The minimum Gasteiger partial charge on any atom is -0.396 e. The van der Waals surface area contributed by atoms with Crippen molar-refractivity contribution in [1.29, 1.82) is 0 Å². The minimum atomic E-state index is -0.589. The van der Waals surface area contributed by atoms with Gasteiger partial charge in [0.1, 0.15) is 0 Å². The second-order valence-electron chi connectivity index (χ2n) is 4.51. The fraction of sp³-hybridized carbons (Fsp3) is 1.00. The third kappa shape index (κ3) is 1.67. The lowest BCUT2D eigenvalue weighted by molar-refractivity contribution is -0.308. The van der Waals surface area contributed by atoms with Crippen molar-refractivity contribution in [3.05, 3.63) is 0 Å². The molecular weight excluding hydrogens is 184 g/mol. The van der Waals surface area contributed by atoms with Crippen molar-refractivity contribution in [2.45, 2.75) is 31.5 Å². The quantitative estimate of drug-likeness (QED) is 0.675. The first-order chi connectivity index (χ1) is 6.74. The van der Waals surface area contributed by atoms with E-state index in [9.17, 15) is 0 Å². The molecule has 2 fully saturated rings. The summed E-state index contributed by atoms with van der Waals surface area (Å²) in [5.74, 6) is -0.395. The Morgan fingerprint density at radius 2 is 1.43 bits per heavy atom. The summed E-state index contributed by atoms with van der Waals surface area (Å²) < 4.78 is 11.4. The van der Waals surface area contributed by atoms with E-state index in [0.29, 0.717) is 13.2 Å². The molecule has 1 aliphatic carbocycles. The van der Waals surface area contributed by atoms with E-state index in [1.54, 1.807) is 0 Å². The average Bonchev–Trinajstić information content (AvgIpc) is 2.69. The fourth-order valence-corrected chi connectivity index (χ4v) is 2.09. The van der Waals surface area contributed by atoms with Crippen molar-refractivity contribution in [2.24, 2.45) is 5.41 Å². The van der Waals surface area contributed by atoms with Gasteiger partial charge < -0.3 is 19.7 Å². The van der Waals surface area contributed by atoms with Gasteiger partial charge in [-0.15, -0.1) is 0 Å². The van der Waals surface area contributed by atoms with Crippen LogP contribution >= 0.6 is 0 Å².